The van der Waals surface area contributed by atoms with Gasteiger partial charge in [0.25, 0.3) is 0 Å². The van der Waals surface area contributed by atoms with Crippen molar-refractivity contribution in [1.82, 2.24) is 10.6 Å². The van der Waals surface area contributed by atoms with E-state index >= 15 is 0 Å². The molecule has 2 unspecified atom stereocenters. The van der Waals surface area contributed by atoms with Crippen molar-refractivity contribution in [3.63, 3.8) is 0 Å². The Hall–Kier alpha value is -0.120. The van der Waals surface area contributed by atoms with E-state index in [1.165, 1.54) is 38.5 Å². The molecule has 0 aromatic rings. The summed E-state index contributed by atoms with van der Waals surface area (Å²) in [7, 11) is 0. The number of unbranched alkanes of at least 4 members (excludes halogenated alkanes) is 3. The molecule has 0 aliphatic carbocycles. The molecule has 0 aromatic carbocycles. The molecule has 0 radical (unpaired) electrons. The number of morpholine rings is 1. The molecule has 3 heteroatoms. The predicted molar refractivity (Wildman–Crippen MR) is 82.6 cm³/mol. The van der Waals surface area contributed by atoms with Crippen LogP contribution in [0.5, 0.6) is 0 Å². The van der Waals surface area contributed by atoms with E-state index in [2.05, 4.69) is 31.4 Å². The van der Waals surface area contributed by atoms with Gasteiger partial charge in [-0.1, -0.05) is 39.5 Å². The van der Waals surface area contributed by atoms with Gasteiger partial charge in [0.1, 0.15) is 0 Å². The van der Waals surface area contributed by atoms with Gasteiger partial charge in [0.15, 0.2) is 0 Å². The summed E-state index contributed by atoms with van der Waals surface area (Å²) in [5, 5.41) is 7.15. The SMILES string of the molecule is CC(C)CCCCCCNC(C)CC1COCCN1. The fraction of sp³-hybridized carbons (Fsp3) is 1.00. The van der Waals surface area contributed by atoms with Crippen molar-refractivity contribution < 1.29 is 4.74 Å². The van der Waals surface area contributed by atoms with E-state index in [1.807, 2.05) is 0 Å². The second-order valence-electron chi connectivity index (χ2n) is 6.41. The molecule has 1 saturated heterocycles. The maximum absolute atomic E-state index is 5.48. The van der Waals surface area contributed by atoms with E-state index < -0.39 is 0 Å². The fourth-order valence-corrected chi connectivity index (χ4v) is 2.66. The second-order valence-corrected chi connectivity index (χ2v) is 6.41. The van der Waals surface area contributed by atoms with Crippen molar-refractivity contribution in [3.05, 3.63) is 0 Å². The Labute approximate surface area is 119 Å². The van der Waals surface area contributed by atoms with E-state index in [-0.39, 0.29) is 0 Å². The first kappa shape index (κ1) is 16.9. The van der Waals surface area contributed by atoms with E-state index in [0.29, 0.717) is 12.1 Å². The molecule has 0 spiro atoms. The highest BCUT2D eigenvalue weighted by Gasteiger charge is 2.15. The summed E-state index contributed by atoms with van der Waals surface area (Å²) in [5.41, 5.74) is 0. The van der Waals surface area contributed by atoms with Crippen LogP contribution in [0, 0.1) is 5.92 Å². The number of rotatable bonds is 10. The van der Waals surface area contributed by atoms with Crippen molar-refractivity contribution in [3.8, 4) is 0 Å². The highest BCUT2D eigenvalue weighted by atomic mass is 16.5. The quantitative estimate of drug-likeness (QED) is 0.599. The molecule has 1 aliphatic heterocycles. The molecule has 0 saturated carbocycles. The first-order valence-corrected chi connectivity index (χ1v) is 8.23. The van der Waals surface area contributed by atoms with Crippen molar-refractivity contribution in [2.75, 3.05) is 26.3 Å². The van der Waals surface area contributed by atoms with Gasteiger partial charge in [-0.05, 0) is 32.2 Å². The maximum Gasteiger partial charge on any atom is 0.0620 e. The zero-order valence-corrected chi connectivity index (χ0v) is 13.2. The molecule has 0 bridgehead atoms. The van der Waals surface area contributed by atoms with E-state index in [4.69, 9.17) is 4.74 Å². The van der Waals surface area contributed by atoms with Crippen LogP contribution < -0.4 is 10.6 Å². The molecule has 1 heterocycles. The Bertz CT molecular complexity index is 203. The average Bonchev–Trinajstić information content (AvgIpc) is 2.38. The summed E-state index contributed by atoms with van der Waals surface area (Å²) >= 11 is 0. The lowest BCUT2D eigenvalue weighted by Gasteiger charge is -2.26. The van der Waals surface area contributed by atoms with Crippen molar-refractivity contribution >= 4 is 0 Å². The minimum absolute atomic E-state index is 0.544. The van der Waals surface area contributed by atoms with Gasteiger partial charge in [0.2, 0.25) is 0 Å². The van der Waals surface area contributed by atoms with E-state index in [1.54, 1.807) is 0 Å². The Morgan fingerprint density at radius 1 is 1.16 bits per heavy atom. The lowest BCUT2D eigenvalue weighted by molar-refractivity contribution is 0.0712. The Kier molecular flexibility index (Phi) is 9.48. The van der Waals surface area contributed by atoms with Crippen LogP contribution in [0.4, 0.5) is 0 Å². The zero-order chi connectivity index (χ0) is 13.9. The van der Waals surface area contributed by atoms with Crippen molar-refractivity contribution in [2.24, 2.45) is 5.92 Å². The number of hydrogen-bond acceptors (Lipinski definition) is 3. The lowest BCUT2D eigenvalue weighted by Crippen LogP contribution is -2.45. The van der Waals surface area contributed by atoms with Crippen LogP contribution in [0.2, 0.25) is 0 Å². The van der Waals surface area contributed by atoms with Crippen LogP contribution in [0.25, 0.3) is 0 Å². The number of ether oxygens (including phenoxy) is 1. The molecular weight excluding hydrogens is 236 g/mol. The molecule has 19 heavy (non-hydrogen) atoms. The molecule has 2 N–H and O–H groups in total. The topological polar surface area (TPSA) is 33.3 Å². The van der Waals surface area contributed by atoms with E-state index in [9.17, 15) is 0 Å². The smallest absolute Gasteiger partial charge is 0.0620 e. The van der Waals surface area contributed by atoms with Gasteiger partial charge in [-0.3, -0.25) is 0 Å². The van der Waals surface area contributed by atoms with Crippen molar-refractivity contribution in [2.45, 2.75) is 71.4 Å². The molecule has 0 amide bonds. The fourth-order valence-electron chi connectivity index (χ4n) is 2.66. The number of hydrogen-bond donors (Lipinski definition) is 2. The standard InChI is InChI=1S/C16H34N2O/c1-14(2)8-6-4-5-7-9-17-15(3)12-16-13-19-11-10-18-16/h14-18H,4-13H2,1-3H3. The first-order valence-electron chi connectivity index (χ1n) is 8.23. The van der Waals surface area contributed by atoms with Crippen LogP contribution >= 0.6 is 0 Å². The monoisotopic (exact) mass is 270 g/mol. The third-order valence-corrected chi connectivity index (χ3v) is 3.84. The van der Waals surface area contributed by atoms with Crippen LogP contribution in [-0.2, 0) is 4.74 Å². The Morgan fingerprint density at radius 2 is 1.95 bits per heavy atom. The molecule has 1 aliphatic rings. The summed E-state index contributed by atoms with van der Waals surface area (Å²) in [6, 6.07) is 1.14. The predicted octanol–water partition coefficient (Wildman–Crippen LogP) is 2.95. The van der Waals surface area contributed by atoms with Crippen LogP contribution in [-0.4, -0.2) is 38.4 Å². The maximum atomic E-state index is 5.48. The van der Waals surface area contributed by atoms with Crippen LogP contribution in [0.15, 0.2) is 0 Å². The first-order chi connectivity index (χ1) is 9.18. The summed E-state index contributed by atoms with van der Waals surface area (Å²) in [6.07, 6.45) is 8.04. The summed E-state index contributed by atoms with van der Waals surface area (Å²) < 4.78 is 5.48. The van der Waals surface area contributed by atoms with Gasteiger partial charge in [0, 0.05) is 18.6 Å². The molecule has 2 atom stereocenters. The van der Waals surface area contributed by atoms with Gasteiger partial charge in [-0.25, -0.2) is 0 Å². The van der Waals surface area contributed by atoms with Crippen LogP contribution in [0.3, 0.4) is 0 Å². The second kappa shape index (κ2) is 10.6. The lowest BCUT2D eigenvalue weighted by atomic mass is 10.0. The molecule has 1 rings (SSSR count). The van der Waals surface area contributed by atoms with Gasteiger partial charge < -0.3 is 15.4 Å². The highest BCUT2D eigenvalue weighted by molar-refractivity contribution is 4.75. The third kappa shape index (κ3) is 9.42. The summed E-state index contributed by atoms with van der Waals surface area (Å²) in [6.45, 7) is 10.8. The highest BCUT2D eigenvalue weighted by Crippen LogP contribution is 2.09. The Morgan fingerprint density at radius 3 is 2.63 bits per heavy atom. The van der Waals surface area contributed by atoms with Gasteiger partial charge in [0.05, 0.1) is 13.2 Å². The van der Waals surface area contributed by atoms with Crippen LogP contribution in [0.1, 0.15) is 59.3 Å². The number of nitrogens with one attached hydrogen (secondary N) is 2. The molecule has 1 fully saturated rings. The van der Waals surface area contributed by atoms with Crippen molar-refractivity contribution in [1.29, 1.82) is 0 Å². The minimum Gasteiger partial charge on any atom is -0.379 e. The summed E-state index contributed by atoms with van der Waals surface area (Å²) in [4.78, 5) is 0. The Balaban J connectivity index is 1.88. The third-order valence-electron chi connectivity index (χ3n) is 3.84. The minimum atomic E-state index is 0.544. The molecule has 3 nitrogen and oxygen atoms in total. The summed E-state index contributed by atoms with van der Waals surface area (Å²) in [5.74, 6) is 0.864. The van der Waals surface area contributed by atoms with E-state index in [0.717, 1.165) is 32.2 Å². The van der Waals surface area contributed by atoms with Gasteiger partial charge in [-0.15, -0.1) is 0 Å². The molecule has 0 aromatic heterocycles. The van der Waals surface area contributed by atoms with Gasteiger partial charge in [-0.2, -0.15) is 0 Å². The normalized spacial score (nSPS) is 21.8. The zero-order valence-electron chi connectivity index (χ0n) is 13.2. The van der Waals surface area contributed by atoms with Gasteiger partial charge >= 0.3 is 0 Å². The largest absolute Gasteiger partial charge is 0.379 e. The molecular formula is C16H34N2O. The molecule has 114 valence electrons. The average molecular weight is 270 g/mol.